The number of benzene rings is 1. The standard InChI is InChI=1S/C15H18ClN3O/c1-11(8-16)12(2)18-15(20)13-9-17-19(10-13)14-6-4-3-5-7-14/h3-7,9-12H,8H2,1-2H3,(H,18,20). The maximum absolute atomic E-state index is 12.1. The van der Waals surface area contributed by atoms with Gasteiger partial charge in [-0.3, -0.25) is 4.79 Å². The number of carbonyl (C=O) groups is 1. The molecule has 2 aromatic rings. The predicted molar refractivity (Wildman–Crippen MR) is 80.4 cm³/mol. The monoisotopic (exact) mass is 291 g/mol. The lowest BCUT2D eigenvalue weighted by molar-refractivity contribution is 0.0931. The van der Waals surface area contributed by atoms with Gasteiger partial charge < -0.3 is 5.32 Å². The van der Waals surface area contributed by atoms with E-state index in [1.165, 1.54) is 0 Å². The lowest BCUT2D eigenvalue weighted by atomic mass is 10.1. The quantitative estimate of drug-likeness (QED) is 0.861. The van der Waals surface area contributed by atoms with Gasteiger partial charge in [0.05, 0.1) is 17.4 Å². The van der Waals surface area contributed by atoms with Crippen molar-refractivity contribution in [3.05, 3.63) is 48.3 Å². The Balaban J connectivity index is 2.07. The molecule has 20 heavy (non-hydrogen) atoms. The van der Waals surface area contributed by atoms with Crippen LogP contribution in [0.15, 0.2) is 42.7 Å². The second-order valence-corrected chi connectivity index (χ2v) is 5.21. The first-order chi connectivity index (χ1) is 9.61. The van der Waals surface area contributed by atoms with Crippen molar-refractivity contribution < 1.29 is 4.79 Å². The number of halogens is 1. The summed E-state index contributed by atoms with van der Waals surface area (Å²) >= 11 is 5.79. The number of nitrogens with one attached hydrogen (secondary N) is 1. The molecule has 0 spiro atoms. The highest BCUT2D eigenvalue weighted by Gasteiger charge is 2.16. The van der Waals surface area contributed by atoms with E-state index in [-0.39, 0.29) is 17.9 Å². The highest BCUT2D eigenvalue weighted by molar-refractivity contribution is 6.18. The summed E-state index contributed by atoms with van der Waals surface area (Å²) in [5.41, 5.74) is 1.47. The zero-order valence-corrected chi connectivity index (χ0v) is 12.3. The van der Waals surface area contributed by atoms with Gasteiger partial charge in [0.25, 0.3) is 5.91 Å². The third-order valence-corrected chi connectivity index (χ3v) is 3.81. The number of rotatable bonds is 5. The van der Waals surface area contributed by atoms with Gasteiger partial charge in [-0.1, -0.05) is 25.1 Å². The van der Waals surface area contributed by atoms with E-state index in [9.17, 15) is 4.79 Å². The molecule has 0 aliphatic heterocycles. The van der Waals surface area contributed by atoms with Crippen LogP contribution in [0.4, 0.5) is 0 Å². The summed E-state index contributed by atoms with van der Waals surface area (Å²) in [6, 6.07) is 9.71. The van der Waals surface area contributed by atoms with Crippen LogP contribution in [0, 0.1) is 5.92 Å². The fourth-order valence-corrected chi connectivity index (χ4v) is 2.00. The molecule has 0 bridgehead atoms. The fourth-order valence-electron chi connectivity index (χ4n) is 1.73. The molecule has 1 aromatic carbocycles. The molecule has 2 atom stereocenters. The van der Waals surface area contributed by atoms with Crippen LogP contribution in [0.1, 0.15) is 24.2 Å². The minimum Gasteiger partial charge on any atom is -0.349 e. The van der Waals surface area contributed by atoms with Crippen molar-refractivity contribution in [2.75, 3.05) is 5.88 Å². The number of alkyl halides is 1. The minimum atomic E-state index is -0.128. The van der Waals surface area contributed by atoms with Crippen molar-refractivity contribution in [3.63, 3.8) is 0 Å². The molecular weight excluding hydrogens is 274 g/mol. The number of para-hydroxylation sites is 1. The van der Waals surface area contributed by atoms with E-state index in [1.807, 2.05) is 44.2 Å². The first kappa shape index (κ1) is 14.6. The average molecular weight is 292 g/mol. The van der Waals surface area contributed by atoms with Crippen molar-refractivity contribution in [1.82, 2.24) is 15.1 Å². The number of aromatic nitrogens is 2. The summed E-state index contributed by atoms with van der Waals surface area (Å²) in [5.74, 6) is 0.617. The second kappa shape index (κ2) is 6.57. The largest absolute Gasteiger partial charge is 0.349 e. The van der Waals surface area contributed by atoms with Crippen molar-refractivity contribution in [2.24, 2.45) is 5.92 Å². The third-order valence-electron chi connectivity index (χ3n) is 3.32. The molecule has 0 saturated heterocycles. The number of hydrogen-bond acceptors (Lipinski definition) is 2. The Labute approximate surface area is 123 Å². The molecule has 0 aliphatic carbocycles. The summed E-state index contributed by atoms with van der Waals surface area (Å²) < 4.78 is 1.69. The molecule has 5 heteroatoms. The molecule has 0 fully saturated rings. The molecule has 2 unspecified atom stereocenters. The Morgan fingerprint density at radius 2 is 2.05 bits per heavy atom. The van der Waals surface area contributed by atoms with Crippen LogP contribution in [0.3, 0.4) is 0 Å². The Kier molecular flexibility index (Phi) is 4.79. The van der Waals surface area contributed by atoms with E-state index in [2.05, 4.69) is 10.4 Å². The molecule has 1 aromatic heterocycles. The van der Waals surface area contributed by atoms with Crippen molar-refractivity contribution in [1.29, 1.82) is 0 Å². The Bertz CT molecular complexity index is 568. The van der Waals surface area contributed by atoms with Crippen LogP contribution in [-0.2, 0) is 0 Å². The van der Waals surface area contributed by atoms with E-state index < -0.39 is 0 Å². The van der Waals surface area contributed by atoms with Gasteiger partial charge >= 0.3 is 0 Å². The maximum Gasteiger partial charge on any atom is 0.254 e. The van der Waals surface area contributed by atoms with Gasteiger partial charge in [-0.05, 0) is 25.0 Å². The number of carbonyl (C=O) groups excluding carboxylic acids is 1. The lowest BCUT2D eigenvalue weighted by Gasteiger charge is -2.18. The van der Waals surface area contributed by atoms with Crippen LogP contribution < -0.4 is 5.32 Å². The van der Waals surface area contributed by atoms with E-state index in [4.69, 9.17) is 11.6 Å². The fraction of sp³-hybridized carbons (Fsp3) is 0.333. The third kappa shape index (κ3) is 3.39. The van der Waals surface area contributed by atoms with E-state index in [0.717, 1.165) is 5.69 Å². The Morgan fingerprint density at radius 1 is 1.35 bits per heavy atom. The first-order valence-electron chi connectivity index (χ1n) is 6.58. The Morgan fingerprint density at radius 3 is 2.70 bits per heavy atom. The molecule has 1 heterocycles. The van der Waals surface area contributed by atoms with Crippen LogP contribution in [0.2, 0.25) is 0 Å². The molecule has 0 aliphatic rings. The van der Waals surface area contributed by atoms with E-state index >= 15 is 0 Å². The molecule has 4 nitrogen and oxygen atoms in total. The van der Waals surface area contributed by atoms with E-state index in [0.29, 0.717) is 11.4 Å². The highest BCUT2D eigenvalue weighted by Crippen LogP contribution is 2.09. The predicted octanol–water partition coefficient (Wildman–Crippen LogP) is 2.87. The summed E-state index contributed by atoms with van der Waals surface area (Å²) in [6.45, 7) is 3.96. The van der Waals surface area contributed by atoms with Crippen molar-refractivity contribution in [2.45, 2.75) is 19.9 Å². The lowest BCUT2D eigenvalue weighted by Crippen LogP contribution is -2.37. The molecular formula is C15H18ClN3O. The van der Waals surface area contributed by atoms with Crippen molar-refractivity contribution in [3.8, 4) is 5.69 Å². The summed E-state index contributed by atoms with van der Waals surface area (Å²) in [6.07, 6.45) is 3.29. The van der Waals surface area contributed by atoms with Gasteiger partial charge in [0.2, 0.25) is 0 Å². The molecule has 0 saturated carbocycles. The van der Waals surface area contributed by atoms with Crippen LogP contribution in [0.25, 0.3) is 5.69 Å². The topological polar surface area (TPSA) is 46.9 Å². The minimum absolute atomic E-state index is 0.0278. The van der Waals surface area contributed by atoms with Crippen LogP contribution in [-0.4, -0.2) is 27.6 Å². The second-order valence-electron chi connectivity index (χ2n) is 4.90. The van der Waals surface area contributed by atoms with Crippen LogP contribution >= 0.6 is 11.6 Å². The molecule has 1 amide bonds. The van der Waals surface area contributed by atoms with Gasteiger partial charge in [0.1, 0.15) is 0 Å². The maximum atomic E-state index is 12.1. The van der Waals surface area contributed by atoms with Crippen LogP contribution in [0.5, 0.6) is 0 Å². The van der Waals surface area contributed by atoms with Gasteiger partial charge in [0, 0.05) is 18.1 Å². The van der Waals surface area contributed by atoms with Gasteiger partial charge in [-0.15, -0.1) is 11.6 Å². The normalized spacial score (nSPS) is 13.8. The molecule has 106 valence electrons. The zero-order valence-electron chi connectivity index (χ0n) is 11.6. The molecule has 2 rings (SSSR count). The van der Waals surface area contributed by atoms with Gasteiger partial charge in [0.15, 0.2) is 0 Å². The van der Waals surface area contributed by atoms with Gasteiger partial charge in [-0.2, -0.15) is 5.10 Å². The number of nitrogens with zero attached hydrogens (tertiary/aromatic N) is 2. The zero-order chi connectivity index (χ0) is 14.5. The SMILES string of the molecule is CC(CCl)C(C)NC(=O)c1cnn(-c2ccccc2)c1. The number of amides is 1. The smallest absolute Gasteiger partial charge is 0.254 e. The van der Waals surface area contributed by atoms with Gasteiger partial charge in [-0.25, -0.2) is 4.68 Å². The van der Waals surface area contributed by atoms with Crippen molar-refractivity contribution >= 4 is 17.5 Å². The van der Waals surface area contributed by atoms with E-state index in [1.54, 1.807) is 17.1 Å². The highest BCUT2D eigenvalue weighted by atomic mass is 35.5. The first-order valence-corrected chi connectivity index (χ1v) is 7.12. The Hall–Kier alpha value is -1.81. The summed E-state index contributed by atoms with van der Waals surface area (Å²) in [7, 11) is 0. The molecule has 1 N–H and O–H groups in total. The summed E-state index contributed by atoms with van der Waals surface area (Å²) in [4.78, 5) is 12.1. The average Bonchev–Trinajstić information content (AvgIpc) is 2.97. The molecule has 0 radical (unpaired) electrons. The summed E-state index contributed by atoms with van der Waals surface area (Å²) in [5, 5.41) is 7.14. The number of hydrogen-bond donors (Lipinski definition) is 1.